The van der Waals surface area contributed by atoms with Crippen molar-refractivity contribution in [1.29, 1.82) is 5.26 Å². The maximum Gasteiger partial charge on any atom is 0.262 e. The second-order valence-corrected chi connectivity index (χ2v) is 7.15. The van der Waals surface area contributed by atoms with Gasteiger partial charge < -0.3 is 10.1 Å². The molecule has 1 amide bonds. The van der Waals surface area contributed by atoms with Crippen LogP contribution in [0.3, 0.4) is 0 Å². The summed E-state index contributed by atoms with van der Waals surface area (Å²) >= 11 is 0. The lowest BCUT2D eigenvalue weighted by Gasteiger charge is -2.30. The molecule has 1 unspecified atom stereocenters. The maximum absolute atomic E-state index is 12.1. The number of anilines is 1. The summed E-state index contributed by atoms with van der Waals surface area (Å²) in [4.78, 5) is 14.5. The Bertz CT molecular complexity index is 794. The summed E-state index contributed by atoms with van der Waals surface area (Å²) in [7, 11) is 0. The normalized spacial score (nSPS) is 17.1. The van der Waals surface area contributed by atoms with Crippen LogP contribution < -0.4 is 10.1 Å². The van der Waals surface area contributed by atoms with E-state index in [-0.39, 0.29) is 12.5 Å². The Kier molecular flexibility index (Phi) is 6.45. The van der Waals surface area contributed by atoms with Gasteiger partial charge in [-0.05, 0) is 67.3 Å². The smallest absolute Gasteiger partial charge is 0.262 e. The van der Waals surface area contributed by atoms with Gasteiger partial charge in [-0.2, -0.15) is 5.26 Å². The number of benzene rings is 2. The molecule has 3 rings (SSSR count). The van der Waals surface area contributed by atoms with Gasteiger partial charge in [0.1, 0.15) is 5.75 Å². The summed E-state index contributed by atoms with van der Waals surface area (Å²) < 4.78 is 5.45. The van der Waals surface area contributed by atoms with E-state index in [9.17, 15) is 4.79 Å². The fraction of sp³-hybridized carbons (Fsp3) is 0.364. The van der Waals surface area contributed by atoms with E-state index in [4.69, 9.17) is 10.00 Å². The molecule has 0 spiro atoms. The summed E-state index contributed by atoms with van der Waals surface area (Å²) in [5.41, 5.74) is 2.58. The standard InChI is InChI=1S/C22H25N3O2/c1-17-3-2-12-25(14-17)15-19-4-8-20(9-5-19)24-22(26)16-27-21-10-6-18(13-23)7-11-21/h4-11,17H,2-3,12,14-16H2,1H3,(H,24,26). The first-order valence-corrected chi connectivity index (χ1v) is 9.36. The molecule has 0 aromatic heterocycles. The van der Waals surface area contributed by atoms with Crippen LogP contribution in [0.4, 0.5) is 5.69 Å². The molecule has 1 aliphatic heterocycles. The molecule has 1 fully saturated rings. The minimum Gasteiger partial charge on any atom is -0.484 e. The fourth-order valence-corrected chi connectivity index (χ4v) is 3.35. The third-order valence-electron chi connectivity index (χ3n) is 4.74. The zero-order valence-corrected chi connectivity index (χ0v) is 15.6. The van der Waals surface area contributed by atoms with Crippen molar-refractivity contribution in [2.24, 2.45) is 5.92 Å². The highest BCUT2D eigenvalue weighted by Gasteiger charge is 2.16. The number of amides is 1. The number of hydrogen-bond acceptors (Lipinski definition) is 4. The molecule has 0 aliphatic carbocycles. The van der Waals surface area contributed by atoms with E-state index >= 15 is 0 Å². The molecule has 140 valence electrons. The van der Waals surface area contributed by atoms with Gasteiger partial charge in [0, 0.05) is 18.8 Å². The summed E-state index contributed by atoms with van der Waals surface area (Å²) in [5, 5.41) is 11.6. The Balaban J connectivity index is 1.45. The first-order chi connectivity index (χ1) is 13.1. The number of piperidine rings is 1. The van der Waals surface area contributed by atoms with Crippen molar-refractivity contribution in [3.05, 3.63) is 59.7 Å². The molecule has 0 saturated carbocycles. The Morgan fingerprint density at radius 3 is 2.63 bits per heavy atom. The first-order valence-electron chi connectivity index (χ1n) is 9.36. The van der Waals surface area contributed by atoms with Crippen LogP contribution in [0.15, 0.2) is 48.5 Å². The van der Waals surface area contributed by atoms with Crippen LogP contribution in [0.1, 0.15) is 30.9 Å². The molecule has 1 atom stereocenters. The van der Waals surface area contributed by atoms with Crippen molar-refractivity contribution in [1.82, 2.24) is 4.90 Å². The van der Waals surface area contributed by atoms with Crippen LogP contribution in [0.5, 0.6) is 5.75 Å². The topological polar surface area (TPSA) is 65.4 Å². The minimum atomic E-state index is -0.211. The van der Waals surface area contributed by atoms with Gasteiger partial charge in [0.25, 0.3) is 5.91 Å². The van der Waals surface area contributed by atoms with Gasteiger partial charge in [0.15, 0.2) is 6.61 Å². The van der Waals surface area contributed by atoms with Crippen LogP contribution in [0, 0.1) is 17.2 Å². The predicted molar refractivity (Wildman–Crippen MR) is 105 cm³/mol. The molecule has 27 heavy (non-hydrogen) atoms. The number of hydrogen-bond donors (Lipinski definition) is 1. The first kappa shape index (κ1) is 18.9. The second kappa shape index (κ2) is 9.20. The maximum atomic E-state index is 12.1. The van der Waals surface area contributed by atoms with E-state index in [0.717, 1.165) is 31.2 Å². The Labute approximate surface area is 160 Å². The highest BCUT2D eigenvalue weighted by Crippen LogP contribution is 2.19. The fourth-order valence-electron chi connectivity index (χ4n) is 3.35. The molecular weight excluding hydrogens is 338 g/mol. The number of nitrogens with one attached hydrogen (secondary N) is 1. The van der Waals surface area contributed by atoms with Crippen LogP contribution in [0.2, 0.25) is 0 Å². The molecule has 1 saturated heterocycles. The van der Waals surface area contributed by atoms with Crippen LogP contribution in [-0.4, -0.2) is 30.5 Å². The molecule has 0 radical (unpaired) electrons. The average Bonchev–Trinajstić information content (AvgIpc) is 2.68. The van der Waals surface area contributed by atoms with Gasteiger partial charge in [0.2, 0.25) is 0 Å². The molecule has 5 heteroatoms. The predicted octanol–water partition coefficient (Wildman–Crippen LogP) is 3.81. The Morgan fingerprint density at radius 2 is 1.96 bits per heavy atom. The van der Waals surface area contributed by atoms with Crippen molar-refractivity contribution >= 4 is 11.6 Å². The third-order valence-corrected chi connectivity index (χ3v) is 4.74. The molecule has 1 heterocycles. The molecule has 5 nitrogen and oxygen atoms in total. The van der Waals surface area contributed by atoms with Gasteiger partial charge >= 0.3 is 0 Å². The van der Waals surface area contributed by atoms with E-state index < -0.39 is 0 Å². The minimum absolute atomic E-state index is 0.0701. The summed E-state index contributed by atoms with van der Waals surface area (Å²) in [6.45, 7) is 5.52. The van der Waals surface area contributed by atoms with Crippen LogP contribution in [0.25, 0.3) is 0 Å². The van der Waals surface area contributed by atoms with Crippen molar-refractivity contribution in [3.63, 3.8) is 0 Å². The highest BCUT2D eigenvalue weighted by atomic mass is 16.5. The van der Waals surface area contributed by atoms with E-state index in [1.165, 1.54) is 18.4 Å². The van der Waals surface area contributed by atoms with Crippen LogP contribution in [-0.2, 0) is 11.3 Å². The average molecular weight is 363 g/mol. The zero-order chi connectivity index (χ0) is 19.1. The monoisotopic (exact) mass is 363 g/mol. The van der Waals surface area contributed by atoms with Gasteiger partial charge in [0.05, 0.1) is 11.6 Å². The Hall–Kier alpha value is -2.84. The number of ether oxygens (including phenoxy) is 1. The number of likely N-dealkylation sites (tertiary alicyclic amines) is 1. The lowest BCUT2D eigenvalue weighted by molar-refractivity contribution is -0.118. The van der Waals surface area contributed by atoms with E-state index in [2.05, 4.69) is 29.3 Å². The van der Waals surface area contributed by atoms with E-state index in [1.807, 2.05) is 18.2 Å². The molecule has 2 aromatic carbocycles. The SMILES string of the molecule is CC1CCCN(Cc2ccc(NC(=O)COc3ccc(C#N)cc3)cc2)C1. The largest absolute Gasteiger partial charge is 0.484 e. The van der Waals surface area contributed by atoms with E-state index in [1.54, 1.807) is 24.3 Å². The Morgan fingerprint density at radius 1 is 1.22 bits per heavy atom. The number of carbonyl (C=O) groups is 1. The lowest BCUT2D eigenvalue weighted by Crippen LogP contribution is -2.33. The van der Waals surface area contributed by atoms with Crippen LogP contribution >= 0.6 is 0 Å². The highest BCUT2D eigenvalue weighted by molar-refractivity contribution is 5.91. The van der Waals surface area contributed by atoms with E-state index in [0.29, 0.717) is 11.3 Å². The summed E-state index contributed by atoms with van der Waals surface area (Å²) in [6, 6.07) is 16.7. The number of rotatable bonds is 6. The van der Waals surface area contributed by atoms with Gasteiger partial charge in [-0.3, -0.25) is 9.69 Å². The number of carbonyl (C=O) groups excluding carboxylic acids is 1. The van der Waals surface area contributed by atoms with Gasteiger partial charge in [-0.1, -0.05) is 19.1 Å². The molecular formula is C22H25N3O2. The second-order valence-electron chi connectivity index (χ2n) is 7.15. The van der Waals surface area contributed by atoms with Crippen molar-refractivity contribution in [3.8, 4) is 11.8 Å². The van der Waals surface area contributed by atoms with Gasteiger partial charge in [-0.25, -0.2) is 0 Å². The summed E-state index contributed by atoms with van der Waals surface area (Å²) in [5.74, 6) is 1.13. The van der Waals surface area contributed by atoms with Crippen molar-refractivity contribution in [2.45, 2.75) is 26.3 Å². The lowest BCUT2D eigenvalue weighted by atomic mass is 10.00. The molecule has 2 aromatic rings. The van der Waals surface area contributed by atoms with Crippen molar-refractivity contribution < 1.29 is 9.53 Å². The zero-order valence-electron chi connectivity index (χ0n) is 15.6. The third kappa shape index (κ3) is 5.83. The van der Waals surface area contributed by atoms with Gasteiger partial charge in [-0.15, -0.1) is 0 Å². The summed E-state index contributed by atoms with van der Waals surface area (Å²) in [6.07, 6.45) is 2.60. The number of nitriles is 1. The molecule has 1 aliphatic rings. The number of nitrogens with zero attached hydrogens (tertiary/aromatic N) is 2. The van der Waals surface area contributed by atoms with Crippen molar-refractivity contribution in [2.75, 3.05) is 25.0 Å². The molecule has 0 bridgehead atoms. The quantitative estimate of drug-likeness (QED) is 0.848. The molecule has 1 N–H and O–H groups in total.